The molecule has 1 aromatic carbocycles. The van der Waals surface area contributed by atoms with Gasteiger partial charge in [-0.1, -0.05) is 52.0 Å². The van der Waals surface area contributed by atoms with Crippen molar-refractivity contribution in [2.45, 2.75) is 129 Å². The number of rotatable bonds is 9. The Kier molecular flexibility index (Phi) is 14.7. The van der Waals surface area contributed by atoms with E-state index in [-0.39, 0.29) is 37.4 Å². The summed E-state index contributed by atoms with van der Waals surface area (Å²) in [6.45, 7) is 16.7. The average molecular weight is 718 g/mol. The molecule has 2 heterocycles. The lowest BCUT2D eigenvalue weighted by Gasteiger charge is -2.48. The molecule has 0 spiro atoms. The van der Waals surface area contributed by atoms with E-state index in [2.05, 4.69) is 6.58 Å². The number of hydrogen-bond donors (Lipinski definition) is 2. The highest BCUT2D eigenvalue weighted by Gasteiger charge is 2.52. The summed E-state index contributed by atoms with van der Waals surface area (Å²) in [6.07, 6.45) is -4.24. The fraction of sp³-hybridized carbons (Fsp3) is 0.692. The molecule has 0 radical (unpaired) electrons. The number of nitrogens with zero attached hydrogens (tertiary/aromatic N) is 1. The normalized spacial score (nSPS) is 38.8. The zero-order valence-electron chi connectivity index (χ0n) is 31.9. The summed E-state index contributed by atoms with van der Waals surface area (Å²) < 4.78 is 31.4. The van der Waals surface area contributed by atoms with Crippen LogP contribution < -0.4 is 0 Å². The van der Waals surface area contributed by atoms with E-state index in [0.717, 1.165) is 0 Å². The topological polar surface area (TPSA) is 158 Å². The number of esters is 2. The van der Waals surface area contributed by atoms with E-state index in [4.69, 9.17) is 23.7 Å². The van der Waals surface area contributed by atoms with Crippen molar-refractivity contribution in [1.82, 2.24) is 4.90 Å². The highest BCUT2D eigenvalue weighted by atomic mass is 16.7. The van der Waals surface area contributed by atoms with Gasteiger partial charge >= 0.3 is 11.9 Å². The van der Waals surface area contributed by atoms with Crippen molar-refractivity contribution in [2.75, 3.05) is 20.7 Å². The van der Waals surface area contributed by atoms with Crippen LogP contribution in [0.3, 0.4) is 0 Å². The zero-order chi connectivity index (χ0) is 38.4. The third-order valence-electron chi connectivity index (χ3n) is 10.6. The van der Waals surface area contributed by atoms with E-state index in [0.29, 0.717) is 12.0 Å². The highest BCUT2D eigenvalue weighted by Crippen LogP contribution is 2.39. The van der Waals surface area contributed by atoms with E-state index in [1.807, 2.05) is 25.9 Å². The molecule has 286 valence electrons. The van der Waals surface area contributed by atoms with Crippen LogP contribution in [0.4, 0.5) is 0 Å². The zero-order valence-corrected chi connectivity index (χ0v) is 31.9. The number of aliphatic hydroxyl groups is 2. The predicted octanol–water partition coefficient (Wildman–Crippen LogP) is 4.14. The Morgan fingerprint density at radius 2 is 1.67 bits per heavy atom. The molecule has 1 aromatic rings. The fourth-order valence-electron chi connectivity index (χ4n) is 7.50. The Hall–Kier alpha value is -3.00. The van der Waals surface area contributed by atoms with Crippen LogP contribution in [0.5, 0.6) is 0 Å². The Morgan fingerprint density at radius 3 is 2.24 bits per heavy atom. The smallest absolute Gasteiger partial charge is 0.338 e. The number of likely N-dealkylation sites (N-methyl/N-ethyl adjacent to an activating group) is 1. The molecule has 0 bridgehead atoms. The van der Waals surface area contributed by atoms with Crippen molar-refractivity contribution in [3.05, 3.63) is 48.6 Å². The van der Waals surface area contributed by atoms with Gasteiger partial charge in [-0.25, -0.2) is 4.79 Å². The lowest BCUT2D eigenvalue weighted by Crippen LogP contribution is -2.60. The molecule has 0 amide bonds. The highest BCUT2D eigenvalue weighted by molar-refractivity contribution is 6.00. The van der Waals surface area contributed by atoms with E-state index < -0.39 is 83.3 Å². The molecule has 0 aliphatic carbocycles. The molecule has 0 aromatic heterocycles. The van der Waals surface area contributed by atoms with Crippen LogP contribution in [-0.4, -0.2) is 113 Å². The van der Waals surface area contributed by atoms with Crippen molar-refractivity contribution in [2.24, 2.45) is 23.7 Å². The van der Waals surface area contributed by atoms with Crippen LogP contribution >= 0.6 is 0 Å². The molecule has 3 rings (SSSR count). The van der Waals surface area contributed by atoms with Gasteiger partial charge in [-0.15, -0.1) is 6.58 Å². The second kappa shape index (κ2) is 17.7. The second-order valence-electron chi connectivity index (χ2n) is 15.0. The summed E-state index contributed by atoms with van der Waals surface area (Å²) in [5.41, 5.74) is -3.04. The van der Waals surface area contributed by atoms with Gasteiger partial charge in [0.1, 0.15) is 23.4 Å². The number of ketones is 2. The van der Waals surface area contributed by atoms with E-state index >= 15 is 0 Å². The van der Waals surface area contributed by atoms with Gasteiger partial charge in [-0.05, 0) is 73.2 Å². The standard InChI is InChI=1S/C39H59NO11/c1-12-19-47-38(8)21-22(3)30(41)24(5)33(43)39(9,46)29(13-2)49-35(44)26(7)31(42)25(6)34(38)51-37-32(28(40(10)11)20-23(4)48-37)50-36(45)27-17-15-14-16-18-27/h12,14-18,22-26,28-29,32-34,37,43,46H,1,13,19-21H2,2-11H3/t22-,23-,24+,25+,26-,28+,29-,32-,33-,34-,37+,38-,39-/m1/s1. The predicted molar refractivity (Wildman–Crippen MR) is 190 cm³/mol. The Morgan fingerprint density at radius 1 is 1.04 bits per heavy atom. The fourth-order valence-corrected chi connectivity index (χ4v) is 7.50. The van der Waals surface area contributed by atoms with Crippen LogP contribution in [-0.2, 0) is 38.1 Å². The molecule has 2 aliphatic rings. The molecular formula is C39H59NO11. The van der Waals surface area contributed by atoms with E-state index in [9.17, 15) is 29.4 Å². The van der Waals surface area contributed by atoms with Crippen molar-refractivity contribution in [3.8, 4) is 0 Å². The van der Waals surface area contributed by atoms with Gasteiger partial charge in [0.25, 0.3) is 0 Å². The van der Waals surface area contributed by atoms with Crippen molar-refractivity contribution >= 4 is 23.5 Å². The molecule has 2 fully saturated rings. The van der Waals surface area contributed by atoms with Gasteiger partial charge in [0.05, 0.1) is 42.1 Å². The van der Waals surface area contributed by atoms with Crippen LogP contribution in [0.2, 0.25) is 0 Å². The first-order chi connectivity index (χ1) is 23.8. The molecule has 12 heteroatoms. The number of hydrogen-bond acceptors (Lipinski definition) is 12. The second-order valence-corrected chi connectivity index (χ2v) is 15.0. The van der Waals surface area contributed by atoms with Crippen LogP contribution in [0.25, 0.3) is 0 Å². The molecular weight excluding hydrogens is 658 g/mol. The summed E-state index contributed by atoms with van der Waals surface area (Å²) in [5.74, 6) is -6.55. The first-order valence-corrected chi connectivity index (χ1v) is 18.0. The van der Waals surface area contributed by atoms with Gasteiger partial charge in [-0.2, -0.15) is 0 Å². The van der Waals surface area contributed by atoms with Crippen molar-refractivity contribution in [3.63, 3.8) is 0 Å². The molecule has 2 saturated heterocycles. The average Bonchev–Trinajstić information content (AvgIpc) is 3.10. The minimum atomic E-state index is -1.99. The minimum absolute atomic E-state index is 0.0189. The summed E-state index contributed by atoms with van der Waals surface area (Å²) in [7, 11) is 3.73. The number of ether oxygens (including phenoxy) is 5. The van der Waals surface area contributed by atoms with Gasteiger partial charge in [-0.3, -0.25) is 14.4 Å². The summed E-state index contributed by atoms with van der Waals surface area (Å²) in [5, 5.41) is 22.7. The first kappa shape index (κ1) is 42.4. The third-order valence-corrected chi connectivity index (χ3v) is 10.6. The van der Waals surface area contributed by atoms with Crippen molar-refractivity contribution < 1.29 is 53.1 Å². The van der Waals surface area contributed by atoms with Gasteiger partial charge in [0.2, 0.25) is 0 Å². The Bertz CT molecular complexity index is 1370. The summed E-state index contributed by atoms with van der Waals surface area (Å²) >= 11 is 0. The lowest BCUT2D eigenvalue weighted by atomic mass is 9.74. The Labute approximate surface area is 302 Å². The van der Waals surface area contributed by atoms with Gasteiger partial charge in [0, 0.05) is 17.8 Å². The number of cyclic esters (lactones) is 1. The van der Waals surface area contributed by atoms with E-state index in [1.54, 1.807) is 58.0 Å². The summed E-state index contributed by atoms with van der Waals surface area (Å²) in [6, 6.07) is 8.21. The first-order valence-electron chi connectivity index (χ1n) is 18.0. The quantitative estimate of drug-likeness (QED) is 0.214. The van der Waals surface area contributed by atoms with Crippen molar-refractivity contribution in [1.29, 1.82) is 0 Å². The number of Topliss-reactive ketones (excluding diaryl/α,β-unsaturated/α-hetero) is 2. The number of aliphatic hydroxyl groups excluding tert-OH is 1. The maximum absolute atomic E-state index is 14.3. The monoisotopic (exact) mass is 717 g/mol. The molecule has 0 unspecified atom stereocenters. The molecule has 12 nitrogen and oxygen atoms in total. The van der Waals surface area contributed by atoms with Crippen LogP contribution in [0.15, 0.2) is 43.0 Å². The molecule has 0 saturated carbocycles. The number of carbonyl (C=O) groups excluding carboxylic acids is 4. The number of carbonyl (C=O) groups is 4. The van der Waals surface area contributed by atoms with Crippen LogP contribution in [0.1, 0.15) is 85.0 Å². The SMILES string of the molecule is C=CCO[C@]1(C)C[C@@H](C)C(=O)[C@H](C)[C@@H](O)[C@](C)(O)[C@@H](CC)OC(=O)[C@H](C)C(=O)[C@H](C)[C@H]1O[C@@H]1O[C@H](C)C[C@H](N(C)C)[C@H]1OC(=O)c1ccccc1. The molecule has 2 N–H and O–H groups in total. The maximum atomic E-state index is 14.3. The molecule has 2 aliphatic heterocycles. The summed E-state index contributed by atoms with van der Waals surface area (Å²) in [4.78, 5) is 57.1. The van der Waals surface area contributed by atoms with Gasteiger partial charge < -0.3 is 38.8 Å². The Balaban J connectivity index is 2.17. The largest absolute Gasteiger partial charge is 0.459 e. The van der Waals surface area contributed by atoms with Crippen LogP contribution in [0, 0.1) is 23.7 Å². The molecule has 51 heavy (non-hydrogen) atoms. The minimum Gasteiger partial charge on any atom is -0.459 e. The third kappa shape index (κ3) is 9.71. The molecule has 13 atom stereocenters. The van der Waals surface area contributed by atoms with E-state index in [1.165, 1.54) is 26.8 Å². The van der Waals surface area contributed by atoms with Gasteiger partial charge in [0.15, 0.2) is 18.2 Å². The number of benzene rings is 1. The maximum Gasteiger partial charge on any atom is 0.338 e. The lowest BCUT2D eigenvalue weighted by molar-refractivity contribution is -0.296.